The molecule has 1 aliphatic rings. The van der Waals surface area contributed by atoms with Crippen molar-refractivity contribution in [2.24, 2.45) is 0 Å². The zero-order valence-corrected chi connectivity index (χ0v) is 22.4. The number of imide groups is 1. The van der Waals surface area contributed by atoms with E-state index in [9.17, 15) is 9.59 Å². The Morgan fingerprint density at radius 1 is 0.838 bits per heavy atom. The second kappa shape index (κ2) is 12.3. The van der Waals surface area contributed by atoms with Crippen LogP contribution >= 0.6 is 35.0 Å². The third kappa shape index (κ3) is 6.52. The van der Waals surface area contributed by atoms with Gasteiger partial charge in [-0.3, -0.25) is 14.5 Å². The van der Waals surface area contributed by atoms with Gasteiger partial charge in [0.15, 0.2) is 23.0 Å². The van der Waals surface area contributed by atoms with Crippen LogP contribution in [0.25, 0.3) is 6.08 Å². The number of hydrogen-bond donors (Lipinski definition) is 0. The molecule has 1 heterocycles. The van der Waals surface area contributed by atoms with E-state index < -0.39 is 0 Å². The van der Waals surface area contributed by atoms with E-state index in [1.807, 2.05) is 18.2 Å². The summed E-state index contributed by atoms with van der Waals surface area (Å²) < 4.78 is 22.3. The third-order valence-corrected chi connectivity index (χ3v) is 7.03. The molecule has 1 aliphatic heterocycles. The van der Waals surface area contributed by atoms with Crippen LogP contribution in [0.3, 0.4) is 0 Å². The monoisotopic (exact) mass is 559 g/mol. The predicted octanol–water partition coefficient (Wildman–Crippen LogP) is 6.70. The minimum absolute atomic E-state index is 0.116. The maximum absolute atomic E-state index is 12.9. The molecule has 1 saturated heterocycles. The van der Waals surface area contributed by atoms with Gasteiger partial charge in [-0.1, -0.05) is 47.5 Å². The molecule has 1 fully saturated rings. The molecule has 0 radical (unpaired) electrons. The van der Waals surface area contributed by atoms with E-state index in [4.69, 9.17) is 42.1 Å². The van der Waals surface area contributed by atoms with Crippen LogP contribution in [0, 0.1) is 0 Å². The van der Waals surface area contributed by atoms with Crippen molar-refractivity contribution in [2.45, 2.75) is 6.61 Å². The molecule has 4 rings (SSSR count). The summed E-state index contributed by atoms with van der Waals surface area (Å²) in [4.78, 5) is 26.8. The maximum Gasteiger partial charge on any atom is 0.293 e. The fourth-order valence-electron chi connectivity index (χ4n) is 3.51. The zero-order chi connectivity index (χ0) is 26.4. The number of para-hydroxylation sites is 2. The van der Waals surface area contributed by atoms with E-state index in [-0.39, 0.29) is 30.9 Å². The zero-order valence-electron chi connectivity index (χ0n) is 20.0. The Kier molecular flexibility index (Phi) is 8.87. The number of carbonyl (C=O) groups excluding carboxylic acids is 2. The predicted molar refractivity (Wildman–Crippen MR) is 145 cm³/mol. The molecule has 0 aromatic heterocycles. The van der Waals surface area contributed by atoms with Crippen LogP contribution in [0.15, 0.2) is 65.6 Å². The average molecular weight is 560 g/mol. The van der Waals surface area contributed by atoms with Crippen LogP contribution in [0.2, 0.25) is 10.0 Å². The van der Waals surface area contributed by atoms with E-state index in [2.05, 4.69) is 0 Å². The van der Waals surface area contributed by atoms with Gasteiger partial charge < -0.3 is 18.9 Å². The Morgan fingerprint density at radius 2 is 1.57 bits per heavy atom. The summed E-state index contributed by atoms with van der Waals surface area (Å²) >= 11 is 12.9. The molecule has 37 heavy (non-hydrogen) atoms. The minimum Gasteiger partial charge on any atom is -0.493 e. The van der Waals surface area contributed by atoms with Gasteiger partial charge in [-0.05, 0) is 65.4 Å². The first kappa shape index (κ1) is 26.7. The Hall–Kier alpha value is -3.33. The molecule has 0 bridgehead atoms. The van der Waals surface area contributed by atoms with Crippen LogP contribution in [-0.4, -0.2) is 43.4 Å². The smallest absolute Gasteiger partial charge is 0.293 e. The Morgan fingerprint density at radius 3 is 2.30 bits per heavy atom. The molecule has 2 amide bonds. The number of methoxy groups -OCH3 is 2. The van der Waals surface area contributed by atoms with Gasteiger partial charge in [-0.2, -0.15) is 0 Å². The van der Waals surface area contributed by atoms with Gasteiger partial charge in [0.2, 0.25) is 0 Å². The van der Waals surface area contributed by atoms with E-state index in [1.165, 1.54) is 7.11 Å². The fourth-order valence-corrected chi connectivity index (χ4v) is 4.70. The Labute approximate surface area is 228 Å². The molecule has 0 spiro atoms. The van der Waals surface area contributed by atoms with Crippen molar-refractivity contribution < 1.29 is 28.5 Å². The van der Waals surface area contributed by atoms with E-state index >= 15 is 0 Å². The SMILES string of the molecule is COc1ccccc1OCCN1C(=O)S/C(=C\c2ccc(OCc3ccc(Cl)c(Cl)c3)c(OC)c2)C1=O. The van der Waals surface area contributed by atoms with Crippen LogP contribution in [0.5, 0.6) is 23.0 Å². The van der Waals surface area contributed by atoms with Crippen molar-refractivity contribution in [3.8, 4) is 23.0 Å². The largest absolute Gasteiger partial charge is 0.493 e. The highest BCUT2D eigenvalue weighted by molar-refractivity contribution is 8.18. The Balaban J connectivity index is 1.40. The summed E-state index contributed by atoms with van der Waals surface area (Å²) in [5.74, 6) is 1.75. The first-order chi connectivity index (χ1) is 17.9. The number of thioether (sulfide) groups is 1. The summed E-state index contributed by atoms with van der Waals surface area (Å²) in [5, 5.41) is 0.569. The van der Waals surface area contributed by atoms with Gasteiger partial charge in [0.1, 0.15) is 13.2 Å². The van der Waals surface area contributed by atoms with E-state index in [0.29, 0.717) is 43.5 Å². The first-order valence-corrected chi connectivity index (χ1v) is 12.7. The molecule has 10 heteroatoms. The van der Waals surface area contributed by atoms with Crippen molar-refractivity contribution in [3.05, 3.63) is 86.7 Å². The number of ether oxygens (including phenoxy) is 4. The number of amides is 2. The lowest BCUT2D eigenvalue weighted by atomic mass is 10.1. The van der Waals surface area contributed by atoms with E-state index in [0.717, 1.165) is 22.2 Å². The molecule has 0 N–H and O–H groups in total. The maximum atomic E-state index is 12.9. The third-order valence-electron chi connectivity index (χ3n) is 5.38. The normalized spacial score (nSPS) is 14.3. The molecular formula is C27H23Cl2NO6S. The number of halogens is 2. The first-order valence-electron chi connectivity index (χ1n) is 11.2. The van der Waals surface area contributed by atoms with Crippen molar-refractivity contribution in [1.82, 2.24) is 4.90 Å². The summed E-state index contributed by atoms with van der Waals surface area (Å²) in [5.41, 5.74) is 1.54. The van der Waals surface area contributed by atoms with Gasteiger partial charge in [-0.25, -0.2) is 0 Å². The number of rotatable bonds is 10. The minimum atomic E-state index is -0.377. The molecule has 3 aromatic carbocycles. The molecule has 0 saturated carbocycles. The van der Waals surface area contributed by atoms with E-state index in [1.54, 1.807) is 55.7 Å². The van der Waals surface area contributed by atoms with Gasteiger partial charge in [0.25, 0.3) is 11.1 Å². The Bertz CT molecular complexity index is 1350. The molecular weight excluding hydrogens is 537 g/mol. The van der Waals surface area contributed by atoms with Crippen LogP contribution < -0.4 is 18.9 Å². The molecule has 3 aromatic rings. The van der Waals surface area contributed by atoms with Crippen molar-refractivity contribution in [2.75, 3.05) is 27.4 Å². The van der Waals surface area contributed by atoms with Gasteiger partial charge >= 0.3 is 0 Å². The fraction of sp³-hybridized carbons (Fsp3) is 0.185. The second-order valence-corrected chi connectivity index (χ2v) is 9.59. The topological polar surface area (TPSA) is 74.3 Å². The van der Waals surface area contributed by atoms with Crippen molar-refractivity contribution >= 4 is 52.2 Å². The van der Waals surface area contributed by atoms with Crippen LogP contribution in [0.4, 0.5) is 4.79 Å². The highest BCUT2D eigenvalue weighted by Crippen LogP contribution is 2.35. The van der Waals surface area contributed by atoms with Crippen LogP contribution in [0.1, 0.15) is 11.1 Å². The highest BCUT2D eigenvalue weighted by atomic mass is 35.5. The summed E-state index contributed by atoms with van der Waals surface area (Å²) in [7, 11) is 3.08. The number of carbonyl (C=O) groups is 2. The standard InChI is InChI=1S/C27H23Cl2NO6S/c1-33-21-5-3-4-6-22(21)35-12-11-30-26(31)25(37-27(30)32)15-17-8-10-23(24(14-17)34-2)36-16-18-7-9-19(28)20(29)13-18/h3-10,13-15H,11-12,16H2,1-2H3/b25-15-. The van der Waals surface area contributed by atoms with Gasteiger partial charge in [-0.15, -0.1) is 0 Å². The lowest BCUT2D eigenvalue weighted by molar-refractivity contribution is -0.123. The highest BCUT2D eigenvalue weighted by Gasteiger charge is 2.34. The number of hydrogen-bond acceptors (Lipinski definition) is 7. The number of nitrogens with zero attached hydrogens (tertiary/aromatic N) is 1. The molecule has 0 atom stereocenters. The summed E-state index contributed by atoms with van der Waals surface area (Å²) in [6.07, 6.45) is 1.65. The molecule has 0 unspecified atom stereocenters. The second-order valence-electron chi connectivity index (χ2n) is 7.78. The average Bonchev–Trinajstić information content (AvgIpc) is 3.17. The van der Waals surface area contributed by atoms with Crippen molar-refractivity contribution in [3.63, 3.8) is 0 Å². The molecule has 192 valence electrons. The molecule has 0 aliphatic carbocycles. The lowest BCUT2D eigenvalue weighted by Crippen LogP contribution is -2.32. The summed E-state index contributed by atoms with van der Waals surface area (Å²) in [6.45, 7) is 0.525. The quantitative estimate of drug-likeness (QED) is 0.255. The van der Waals surface area contributed by atoms with Gasteiger partial charge in [0.05, 0.1) is 35.7 Å². The number of benzene rings is 3. The van der Waals surface area contributed by atoms with Gasteiger partial charge in [0, 0.05) is 0 Å². The lowest BCUT2D eigenvalue weighted by Gasteiger charge is -2.14. The van der Waals surface area contributed by atoms with Crippen molar-refractivity contribution in [1.29, 1.82) is 0 Å². The molecule has 7 nitrogen and oxygen atoms in total. The van der Waals surface area contributed by atoms with Crippen LogP contribution in [-0.2, 0) is 11.4 Å². The summed E-state index contributed by atoms with van der Waals surface area (Å²) in [6, 6.07) is 17.7.